The number of hydrogen-bond acceptors (Lipinski definition) is 6. The molecule has 194 valence electrons. The lowest BCUT2D eigenvalue weighted by Crippen LogP contribution is -2.46. The second-order valence-electron chi connectivity index (χ2n) is 9.62. The first kappa shape index (κ1) is 26.1. The Kier molecular flexibility index (Phi) is 7.43. The molecule has 0 spiro atoms. The van der Waals surface area contributed by atoms with Gasteiger partial charge in [0.15, 0.2) is 11.5 Å². The number of nitrogens with zero attached hydrogens (tertiary/aromatic N) is 1. The Morgan fingerprint density at radius 1 is 0.919 bits per heavy atom. The van der Waals surface area contributed by atoms with E-state index in [4.69, 9.17) is 18.9 Å². The van der Waals surface area contributed by atoms with Gasteiger partial charge in [-0.25, -0.2) is 4.79 Å². The summed E-state index contributed by atoms with van der Waals surface area (Å²) in [6.07, 6.45) is 0.0895. The van der Waals surface area contributed by atoms with Crippen molar-refractivity contribution < 1.29 is 28.5 Å². The van der Waals surface area contributed by atoms with Crippen molar-refractivity contribution in [1.29, 1.82) is 0 Å². The Hall–Kier alpha value is -4.00. The zero-order valence-electron chi connectivity index (χ0n) is 22.2. The summed E-state index contributed by atoms with van der Waals surface area (Å²) < 4.78 is 22.8. The van der Waals surface area contributed by atoms with Gasteiger partial charge in [0.1, 0.15) is 0 Å². The molecular formula is C30H33NO6. The van der Waals surface area contributed by atoms with Crippen LogP contribution in [0.4, 0.5) is 5.69 Å². The van der Waals surface area contributed by atoms with Gasteiger partial charge < -0.3 is 23.8 Å². The SMILES string of the molecule is COc1cc(CC2(OC(=O)c3ccccc3)C(=O)N(CC(C)C)c3ccc(C)cc32)cc(OC)c1OC. The number of carbonyl (C=O) groups excluding carboxylic acids is 2. The molecule has 3 aromatic rings. The van der Waals surface area contributed by atoms with E-state index in [9.17, 15) is 9.59 Å². The minimum atomic E-state index is -1.58. The fraction of sp³-hybridized carbons (Fsp3) is 0.333. The standard InChI is InChI=1S/C30H33NO6/c1-19(2)18-31-24-13-12-20(3)14-23(24)30(29(31)33,37-28(32)22-10-8-7-9-11-22)17-21-15-25(34-4)27(36-6)26(16-21)35-5/h7-16,19H,17-18H2,1-6H3. The van der Waals surface area contributed by atoms with Gasteiger partial charge in [0.05, 0.1) is 32.6 Å². The number of anilines is 1. The van der Waals surface area contributed by atoms with Gasteiger partial charge >= 0.3 is 5.97 Å². The van der Waals surface area contributed by atoms with E-state index in [-0.39, 0.29) is 18.2 Å². The zero-order valence-corrected chi connectivity index (χ0v) is 22.2. The van der Waals surface area contributed by atoms with Crippen LogP contribution in [0.3, 0.4) is 0 Å². The van der Waals surface area contributed by atoms with Crippen molar-refractivity contribution in [3.63, 3.8) is 0 Å². The summed E-state index contributed by atoms with van der Waals surface area (Å²) in [5.41, 5.74) is 1.86. The first-order valence-electron chi connectivity index (χ1n) is 12.2. The van der Waals surface area contributed by atoms with Crippen LogP contribution >= 0.6 is 0 Å². The van der Waals surface area contributed by atoms with Gasteiger partial charge in [0, 0.05) is 18.5 Å². The summed E-state index contributed by atoms with van der Waals surface area (Å²) in [5.74, 6) is 0.713. The molecule has 1 amide bonds. The predicted octanol–water partition coefficient (Wildman–Crippen LogP) is 5.32. The summed E-state index contributed by atoms with van der Waals surface area (Å²) >= 11 is 0. The Morgan fingerprint density at radius 2 is 1.57 bits per heavy atom. The molecule has 3 aromatic carbocycles. The summed E-state index contributed by atoms with van der Waals surface area (Å²) in [6, 6.07) is 18.1. The van der Waals surface area contributed by atoms with Crippen LogP contribution < -0.4 is 19.1 Å². The second-order valence-corrected chi connectivity index (χ2v) is 9.62. The van der Waals surface area contributed by atoms with Gasteiger partial charge in [-0.2, -0.15) is 0 Å². The molecule has 1 aliphatic heterocycles. The fourth-order valence-corrected chi connectivity index (χ4v) is 4.82. The lowest BCUT2D eigenvalue weighted by Gasteiger charge is -2.30. The highest BCUT2D eigenvalue weighted by molar-refractivity contribution is 6.09. The number of benzene rings is 3. The molecule has 1 unspecified atom stereocenters. The van der Waals surface area contributed by atoms with Crippen molar-refractivity contribution in [3.8, 4) is 17.2 Å². The maximum atomic E-state index is 14.3. The highest BCUT2D eigenvalue weighted by atomic mass is 16.6. The van der Waals surface area contributed by atoms with Gasteiger partial charge in [-0.1, -0.05) is 43.7 Å². The highest BCUT2D eigenvalue weighted by Crippen LogP contribution is 2.48. The van der Waals surface area contributed by atoms with E-state index in [1.807, 2.05) is 31.2 Å². The average molecular weight is 504 g/mol. The fourth-order valence-electron chi connectivity index (χ4n) is 4.82. The lowest BCUT2D eigenvalue weighted by atomic mass is 9.86. The highest BCUT2D eigenvalue weighted by Gasteiger charge is 2.54. The second kappa shape index (κ2) is 10.5. The van der Waals surface area contributed by atoms with Crippen LogP contribution in [0.15, 0.2) is 60.7 Å². The van der Waals surface area contributed by atoms with Crippen LogP contribution in [-0.4, -0.2) is 39.8 Å². The number of rotatable bonds is 9. The molecule has 7 heteroatoms. The van der Waals surface area contributed by atoms with E-state index < -0.39 is 11.6 Å². The van der Waals surface area contributed by atoms with Gasteiger partial charge in [-0.15, -0.1) is 0 Å². The molecule has 0 aromatic heterocycles. The van der Waals surface area contributed by atoms with Crippen LogP contribution in [0.25, 0.3) is 0 Å². The van der Waals surface area contributed by atoms with Gasteiger partial charge in [0.2, 0.25) is 11.4 Å². The number of amides is 1. The quantitative estimate of drug-likeness (QED) is 0.368. The minimum Gasteiger partial charge on any atom is -0.493 e. The Bertz CT molecular complexity index is 1280. The molecule has 0 bridgehead atoms. The van der Waals surface area contributed by atoms with Crippen molar-refractivity contribution in [3.05, 3.63) is 82.9 Å². The minimum absolute atomic E-state index is 0.0895. The van der Waals surface area contributed by atoms with Gasteiger partial charge in [0.25, 0.3) is 5.91 Å². The number of fused-ring (bicyclic) bond motifs is 1. The number of aryl methyl sites for hydroxylation is 1. The summed E-state index contributed by atoms with van der Waals surface area (Å²) in [6.45, 7) is 6.56. The average Bonchev–Trinajstić information content (AvgIpc) is 3.10. The molecule has 0 fully saturated rings. The summed E-state index contributed by atoms with van der Waals surface area (Å²) in [5, 5.41) is 0. The number of ether oxygens (including phenoxy) is 4. The normalized spacial score (nSPS) is 16.5. The Labute approximate surface area is 217 Å². The summed E-state index contributed by atoms with van der Waals surface area (Å²) in [4.78, 5) is 29.5. The maximum Gasteiger partial charge on any atom is 0.339 e. The zero-order chi connectivity index (χ0) is 26.7. The smallest absolute Gasteiger partial charge is 0.339 e. The lowest BCUT2D eigenvalue weighted by molar-refractivity contribution is -0.137. The maximum absolute atomic E-state index is 14.3. The molecule has 0 radical (unpaired) electrons. The van der Waals surface area contributed by atoms with E-state index in [1.165, 1.54) is 21.3 Å². The number of hydrogen-bond donors (Lipinski definition) is 0. The Morgan fingerprint density at radius 3 is 2.14 bits per heavy atom. The molecule has 1 atom stereocenters. The molecule has 1 aliphatic rings. The number of esters is 1. The third-order valence-corrected chi connectivity index (χ3v) is 6.47. The first-order valence-corrected chi connectivity index (χ1v) is 12.2. The molecule has 0 aliphatic carbocycles. The van der Waals surface area contributed by atoms with E-state index in [1.54, 1.807) is 41.3 Å². The van der Waals surface area contributed by atoms with Crippen molar-refractivity contribution in [2.24, 2.45) is 5.92 Å². The van der Waals surface area contributed by atoms with Crippen LogP contribution in [0.2, 0.25) is 0 Å². The van der Waals surface area contributed by atoms with E-state index >= 15 is 0 Å². The molecular weight excluding hydrogens is 470 g/mol. The van der Waals surface area contributed by atoms with Gasteiger partial charge in [-0.05, 0) is 54.8 Å². The monoisotopic (exact) mass is 503 g/mol. The third-order valence-electron chi connectivity index (χ3n) is 6.47. The number of methoxy groups -OCH3 is 3. The van der Waals surface area contributed by atoms with E-state index in [2.05, 4.69) is 13.8 Å². The largest absolute Gasteiger partial charge is 0.493 e. The van der Waals surface area contributed by atoms with E-state index in [0.717, 1.165) is 11.3 Å². The summed E-state index contributed by atoms with van der Waals surface area (Å²) in [7, 11) is 4.61. The van der Waals surface area contributed by atoms with Crippen LogP contribution in [0, 0.1) is 12.8 Å². The van der Waals surface area contributed by atoms with Crippen molar-refractivity contribution in [2.45, 2.75) is 32.8 Å². The van der Waals surface area contributed by atoms with Crippen molar-refractivity contribution in [1.82, 2.24) is 0 Å². The van der Waals surface area contributed by atoms with Crippen LogP contribution in [-0.2, 0) is 21.6 Å². The van der Waals surface area contributed by atoms with Crippen molar-refractivity contribution in [2.75, 3.05) is 32.8 Å². The van der Waals surface area contributed by atoms with Crippen LogP contribution in [0.1, 0.15) is 40.9 Å². The molecule has 0 saturated heterocycles. The van der Waals surface area contributed by atoms with Crippen LogP contribution in [0.5, 0.6) is 17.2 Å². The molecule has 1 heterocycles. The topological polar surface area (TPSA) is 74.3 Å². The van der Waals surface area contributed by atoms with Gasteiger partial charge in [-0.3, -0.25) is 4.79 Å². The molecule has 4 rings (SSSR count). The first-order chi connectivity index (χ1) is 17.7. The molecule has 7 nitrogen and oxygen atoms in total. The molecule has 0 saturated carbocycles. The molecule has 0 N–H and O–H groups in total. The molecule has 37 heavy (non-hydrogen) atoms. The van der Waals surface area contributed by atoms with Crippen molar-refractivity contribution >= 4 is 17.6 Å². The predicted molar refractivity (Wildman–Crippen MR) is 142 cm³/mol. The Balaban J connectivity index is 1.91. The third kappa shape index (κ3) is 4.86. The number of carbonyl (C=O) groups is 2. The van der Waals surface area contributed by atoms with E-state index in [0.29, 0.717) is 40.5 Å².